The number of sulfonamides is 1. The molecule has 0 aliphatic heterocycles. The maximum absolute atomic E-state index is 15.4. The van der Waals surface area contributed by atoms with Gasteiger partial charge in [0, 0.05) is 23.1 Å². The van der Waals surface area contributed by atoms with Crippen molar-refractivity contribution in [2.75, 3.05) is 11.8 Å². The maximum Gasteiger partial charge on any atom is 0.264 e. The maximum atomic E-state index is 15.4. The van der Waals surface area contributed by atoms with Crippen LogP contribution in [0.1, 0.15) is 5.56 Å². The minimum atomic E-state index is -4.16. The SMILES string of the molecule is COc1cc(-c2ccc(F)c(C)c2)c(F)cc1-n1c(=O)ccc2cc(S(=O)(=O)Nc3ncc(F)cn3)ccc21. The normalized spacial score (nSPS) is 11.5. The molecule has 198 valence electrons. The zero-order valence-corrected chi connectivity index (χ0v) is 21.3. The summed E-state index contributed by atoms with van der Waals surface area (Å²) in [6.45, 7) is 1.56. The van der Waals surface area contributed by atoms with Crippen LogP contribution in [-0.2, 0) is 10.0 Å². The number of hydrogen-bond donors (Lipinski definition) is 1. The summed E-state index contributed by atoms with van der Waals surface area (Å²) < 4.78 is 76.8. The highest BCUT2D eigenvalue weighted by Crippen LogP contribution is 2.34. The number of anilines is 1. The topological polar surface area (TPSA) is 103 Å². The second-order valence-corrected chi connectivity index (χ2v) is 10.2. The van der Waals surface area contributed by atoms with Crippen LogP contribution in [0.15, 0.2) is 82.7 Å². The van der Waals surface area contributed by atoms with E-state index in [0.717, 1.165) is 18.5 Å². The third kappa shape index (κ3) is 4.93. The number of fused-ring (bicyclic) bond motifs is 1. The Labute approximate surface area is 220 Å². The molecule has 2 heterocycles. The number of aryl methyl sites for hydroxylation is 1. The summed E-state index contributed by atoms with van der Waals surface area (Å²) in [7, 11) is -2.80. The van der Waals surface area contributed by atoms with Gasteiger partial charge in [0.2, 0.25) is 5.95 Å². The van der Waals surface area contributed by atoms with Crippen LogP contribution in [0.5, 0.6) is 5.75 Å². The summed E-state index contributed by atoms with van der Waals surface area (Å²) in [5.74, 6) is -1.99. The van der Waals surface area contributed by atoms with E-state index in [0.29, 0.717) is 16.5 Å². The molecule has 5 rings (SSSR count). The summed E-state index contributed by atoms with van der Waals surface area (Å²) in [6.07, 6.45) is 1.64. The Morgan fingerprint density at radius 1 is 0.897 bits per heavy atom. The van der Waals surface area contributed by atoms with Gasteiger partial charge in [-0.25, -0.2) is 36.3 Å². The van der Waals surface area contributed by atoms with Gasteiger partial charge in [-0.15, -0.1) is 0 Å². The van der Waals surface area contributed by atoms with Gasteiger partial charge < -0.3 is 4.74 Å². The van der Waals surface area contributed by atoms with Gasteiger partial charge in [0.1, 0.15) is 17.4 Å². The summed E-state index contributed by atoms with van der Waals surface area (Å²) in [4.78, 5) is 20.0. The minimum Gasteiger partial charge on any atom is -0.495 e. The molecule has 0 aliphatic rings. The van der Waals surface area contributed by atoms with Gasteiger partial charge in [-0.2, -0.15) is 0 Å². The van der Waals surface area contributed by atoms with Crippen molar-refractivity contribution < 1.29 is 26.3 Å². The second kappa shape index (κ2) is 9.87. The Morgan fingerprint density at radius 3 is 2.33 bits per heavy atom. The predicted octanol–water partition coefficient (Wildman–Crippen LogP) is 4.98. The number of benzene rings is 3. The van der Waals surface area contributed by atoms with Crippen LogP contribution in [0.25, 0.3) is 27.7 Å². The summed E-state index contributed by atoms with van der Waals surface area (Å²) in [5, 5.41) is 0.346. The van der Waals surface area contributed by atoms with E-state index in [2.05, 4.69) is 14.7 Å². The van der Waals surface area contributed by atoms with Crippen molar-refractivity contribution in [3.63, 3.8) is 0 Å². The number of aromatic nitrogens is 3. The van der Waals surface area contributed by atoms with E-state index >= 15 is 4.39 Å². The van der Waals surface area contributed by atoms with Gasteiger partial charge in [-0.05, 0) is 60.5 Å². The monoisotopic (exact) mass is 552 g/mol. The summed E-state index contributed by atoms with van der Waals surface area (Å²) in [6, 6.07) is 13.3. The van der Waals surface area contributed by atoms with Gasteiger partial charge >= 0.3 is 0 Å². The Kier molecular flexibility index (Phi) is 6.56. The van der Waals surface area contributed by atoms with Gasteiger partial charge in [-0.3, -0.25) is 9.36 Å². The molecule has 5 aromatic rings. The molecule has 0 bridgehead atoms. The number of pyridine rings is 1. The van der Waals surface area contributed by atoms with E-state index < -0.39 is 33.0 Å². The van der Waals surface area contributed by atoms with Crippen molar-refractivity contribution >= 4 is 26.9 Å². The molecule has 2 aromatic heterocycles. The van der Waals surface area contributed by atoms with Gasteiger partial charge in [0.05, 0.1) is 35.6 Å². The second-order valence-electron chi connectivity index (χ2n) is 8.53. The number of hydrogen-bond acceptors (Lipinski definition) is 6. The number of methoxy groups -OCH3 is 1. The number of nitrogens with one attached hydrogen (secondary N) is 1. The fourth-order valence-corrected chi connectivity index (χ4v) is 5.09. The van der Waals surface area contributed by atoms with Gasteiger partial charge in [-0.1, -0.05) is 6.07 Å². The fraction of sp³-hybridized carbons (Fsp3) is 0.0741. The lowest BCUT2D eigenvalue weighted by Crippen LogP contribution is -2.19. The third-order valence-electron chi connectivity index (χ3n) is 6.00. The van der Waals surface area contributed by atoms with Gasteiger partial charge in [0.25, 0.3) is 15.6 Å². The first kappa shape index (κ1) is 25.9. The quantitative estimate of drug-likeness (QED) is 0.319. The molecule has 0 unspecified atom stereocenters. The predicted molar refractivity (Wildman–Crippen MR) is 139 cm³/mol. The van der Waals surface area contributed by atoms with Crippen molar-refractivity contribution in [2.24, 2.45) is 0 Å². The molecule has 0 fully saturated rings. The van der Waals surface area contributed by atoms with Crippen LogP contribution >= 0.6 is 0 Å². The van der Waals surface area contributed by atoms with E-state index in [9.17, 15) is 22.0 Å². The lowest BCUT2D eigenvalue weighted by atomic mass is 10.0. The Balaban J connectivity index is 1.61. The molecule has 0 atom stereocenters. The fourth-order valence-electron chi connectivity index (χ4n) is 4.10. The van der Waals surface area contributed by atoms with Crippen molar-refractivity contribution in [1.82, 2.24) is 14.5 Å². The molecule has 0 saturated heterocycles. The summed E-state index contributed by atoms with van der Waals surface area (Å²) >= 11 is 0. The zero-order valence-electron chi connectivity index (χ0n) is 20.4. The average Bonchev–Trinajstić information content (AvgIpc) is 2.91. The number of nitrogens with zero attached hydrogens (tertiary/aromatic N) is 3. The lowest BCUT2D eigenvalue weighted by molar-refractivity contribution is 0.412. The Hall–Kier alpha value is -4.71. The molecular formula is C27H19F3N4O4S. The van der Waals surface area contributed by atoms with Crippen molar-refractivity contribution in [2.45, 2.75) is 11.8 Å². The molecule has 0 aliphatic carbocycles. The Bertz CT molecular complexity index is 1910. The molecule has 1 N–H and O–H groups in total. The van der Waals surface area contributed by atoms with Crippen LogP contribution < -0.4 is 15.0 Å². The Morgan fingerprint density at radius 2 is 1.64 bits per heavy atom. The third-order valence-corrected chi connectivity index (χ3v) is 7.33. The standard InChI is InChI=1S/C27H19F3N4O4S/c1-15-9-16(3-6-21(15)29)20-11-25(38-2)24(12-22(20)30)34-23-7-5-19(10-17(23)4-8-26(34)35)39(36,37)33-27-31-13-18(28)14-32-27/h3-14H,1-2H3,(H,31,32,33). The van der Waals surface area contributed by atoms with Crippen LogP contribution in [0.3, 0.4) is 0 Å². The van der Waals surface area contributed by atoms with E-state index in [4.69, 9.17) is 4.74 Å². The van der Waals surface area contributed by atoms with E-state index in [1.54, 1.807) is 6.92 Å². The number of halogens is 3. The van der Waals surface area contributed by atoms with E-state index in [-0.39, 0.29) is 33.4 Å². The molecule has 0 amide bonds. The van der Waals surface area contributed by atoms with E-state index in [1.807, 2.05) is 0 Å². The van der Waals surface area contributed by atoms with Crippen molar-refractivity contribution in [1.29, 1.82) is 0 Å². The van der Waals surface area contributed by atoms with E-state index in [1.165, 1.54) is 66.3 Å². The number of ether oxygens (including phenoxy) is 1. The smallest absolute Gasteiger partial charge is 0.264 e. The van der Waals surface area contributed by atoms with Crippen molar-refractivity contribution in [3.8, 4) is 22.6 Å². The molecule has 0 radical (unpaired) electrons. The van der Waals surface area contributed by atoms with Crippen LogP contribution in [0.2, 0.25) is 0 Å². The lowest BCUT2D eigenvalue weighted by Gasteiger charge is -2.17. The largest absolute Gasteiger partial charge is 0.495 e. The van der Waals surface area contributed by atoms with Gasteiger partial charge in [0.15, 0.2) is 5.82 Å². The first-order valence-corrected chi connectivity index (χ1v) is 12.9. The van der Waals surface area contributed by atoms with Crippen LogP contribution in [0.4, 0.5) is 19.1 Å². The molecular weight excluding hydrogens is 533 g/mol. The first-order valence-electron chi connectivity index (χ1n) is 11.4. The summed E-state index contributed by atoms with van der Waals surface area (Å²) in [5.41, 5.74) is 0.762. The highest BCUT2D eigenvalue weighted by atomic mass is 32.2. The van der Waals surface area contributed by atoms with Crippen molar-refractivity contribution in [3.05, 3.63) is 106 Å². The highest BCUT2D eigenvalue weighted by Gasteiger charge is 2.20. The molecule has 8 nitrogen and oxygen atoms in total. The highest BCUT2D eigenvalue weighted by molar-refractivity contribution is 7.92. The minimum absolute atomic E-state index is 0.0848. The molecule has 12 heteroatoms. The molecule has 0 spiro atoms. The van der Waals surface area contributed by atoms with Crippen LogP contribution in [-0.4, -0.2) is 30.1 Å². The average molecular weight is 553 g/mol. The number of rotatable bonds is 6. The zero-order chi connectivity index (χ0) is 27.9. The first-order chi connectivity index (χ1) is 18.6. The molecule has 39 heavy (non-hydrogen) atoms. The molecule has 3 aromatic carbocycles. The van der Waals surface area contributed by atoms with Crippen LogP contribution in [0, 0.1) is 24.4 Å². The molecule has 0 saturated carbocycles.